The first-order valence-electron chi connectivity index (χ1n) is 12.9. The number of Topliss-reactive ketones (excluding diaryl/α,β-unsaturated/α-hetero) is 1. The van der Waals surface area contributed by atoms with E-state index in [0.717, 1.165) is 32.7 Å². The number of carbonyl (C=O) groups is 2. The normalized spacial score (nSPS) is 19.7. The van der Waals surface area contributed by atoms with Crippen LogP contribution < -0.4 is 19.1 Å². The second kappa shape index (κ2) is 9.67. The predicted molar refractivity (Wildman–Crippen MR) is 154 cm³/mol. The molecule has 204 valence electrons. The van der Waals surface area contributed by atoms with Gasteiger partial charge in [0.25, 0.3) is 5.78 Å². The van der Waals surface area contributed by atoms with Crippen LogP contribution in [0.25, 0.3) is 16.0 Å². The quantitative estimate of drug-likeness (QED) is 0.186. The van der Waals surface area contributed by atoms with E-state index in [2.05, 4.69) is 0 Å². The molecule has 8 nitrogen and oxygen atoms in total. The minimum atomic E-state index is -0.940. The second-order valence-electron chi connectivity index (χ2n) is 10.2. The monoisotopic (exact) mass is 556 g/mol. The zero-order chi connectivity index (χ0) is 28.3. The lowest BCUT2D eigenvalue weighted by molar-refractivity contribution is -0.132. The molecule has 9 heteroatoms. The van der Waals surface area contributed by atoms with Crippen LogP contribution in [-0.4, -0.2) is 42.1 Å². The van der Waals surface area contributed by atoms with Crippen molar-refractivity contribution in [2.75, 3.05) is 19.1 Å². The third-order valence-corrected chi connectivity index (χ3v) is 8.36. The molecule has 1 N–H and O–H groups in total. The Morgan fingerprint density at radius 1 is 1.05 bits per heavy atom. The molecule has 1 fully saturated rings. The zero-order valence-electron chi connectivity index (χ0n) is 22.8. The number of aliphatic hydroxyl groups is 1. The summed E-state index contributed by atoms with van der Waals surface area (Å²) in [7, 11) is 3.05. The van der Waals surface area contributed by atoms with E-state index in [1.807, 2.05) is 39.0 Å². The molecule has 2 aliphatic heterocycles. The maximum atomic E-state index is 13.7. The molecule has 3 heterocycles. The lowest BCUT2D eigenvalue weighted by Crippen LogP contribution is -2.29. The summed E-state index contributed by atoms with van der Waals surface area (Å²) in [5.74, 6) is -0.105. The molecular formula is C31H28N2O6S. The summed E-state index contributed by atoms with van der Waals surface area (Å²) in [5.41, 5.74) is 4.76. The maximum absolute atomic E-state index is 13.7. The number of rotatable bonds is 5. The molecule has 0 bridgehead atoms. The number of aromatic nitrogens is 1. The molecule has 1 amide bonds. The lowest BCUT2D eigenvalue weighted by Gasteiger charge is -2.23. The van der Waals surface area contributed by atoms with Crippen molar-refractivity contribution in [3.05, 3.63) is 81.9 Å². The van der Waals surface area contributed by atoms with E-state index in [9.17, 15) is 14.7 Å². The fraction of sp³-hybridized carbons (Fsp3) is 0.258. The van der Waals surface area contributed by atoms with Crippen LogP contribution in [-0.2, 0) is 16.0 Å². The van der Waals surface area contributed by atoms with E-state index in [1.54, 1.807) is 30.3 Å². The van der Waals surface area contributed by atoms with Gasteiger partial charge < -0.3 is 19.3 Å². The maximum Gasteiger partial charge on any atom is 0.301 e. The van der Waals surface area contributed by atoms with Crippen molar-refractivity contribution >= 4 is 44.1 Å². The molecule has 1 saturated heterocycles. The number of ketones is 1. The molecule has 1 aromatic heterocycles. The third kappa shape index (κ3) is 4.08. The molecule has 6 rings (SSSR count). The summed E-state index contributed by atoms with van der Waals surface area (Å²) in [6.07, 6.45) is 0.713. The Bertz CT molecular complexity index is 1740. The van der Waals surface area contributed by atoms with Crippen molar-refractivity contribution in [1.29, 1.82) is 0 Å². The number of aliphatic hydroxyl groups excluding tert-OH is 1. The minimum absolute atomic E-state index is 0.0173. The zero-order valence-corrected chi connectivity index (χ0v) is 23.6. The van der Waals surface area contributed by atoms with Crippen molar-refractivity contribution in [3.8, 4) is 17.2 Å². The number of amides is 1. The number of aryl methyl sites for hydroxylation is 2. The summed E-state index contributed by atoms with van der Waals surface area (Å²) in [6.45, 7) is 5.95. The minimum Gasteiger partial charge on any atom is -0.507 e. The number of ether oxygens (including phenoxy) is 3. The summed E-state index contributed by atoms with van der Waals surface area (Å²) < 4.78 is 17.7. The van der Waals surface area contributed by atoms with Gasteiger partial charge in [-0.05, 0) is 79.4 Å². The van der Waals surface area contributed by atoms with Crippen LogP contribution in [0.5, 0.6) is 17.2 Å². The molecule has 40 heavy (non-hydrogen) atoms. The Morgan fingerprint density at radius 2 is 1.82 bits per heavy atom. The standard InChI is InChI=1S/C31H28N2O6S/c1-15-10-16(2)26-24(11-15)40-31(32-26)33-27(18-6-9-22(37-4)23(14-18)38-5)25(29(35)30(33)36)28(34)19-7-8-21-20(13-19)12-17(3)39-21/h6-11,13-14,17,27,34H,12H2,1-5H3/t17-,27-/m0/s1. The van der Waals surface area contributed by atoms with E-state index in [4.69, 9.17) is 19.2 Å². The highest BCUT2D eigenvalue weighted by atomic mass is 32.1. The number of anilines is 1. The number of methoxy groups -OCH3 is 2. The van der Waals surface area contributed by atoms with Gasteiger partial charge in [0, 0.05) is 12.0 Å². The van der Waals surface area contributed by atoms with Crippen molar-refractivity contribution in [2.24, 2.45) is 0 Å². The Labute approximate surface area is 235 Å². The summed E-state index contributed by atoms with van der Waals surface area (Å²) in [5, 5.41) is 12.0. The molecule has 2 atom stereocenters. The number of carbonyl (C=O) groups excluding carboxylic acids is 2. The molecule has 0 saturated carbocycles. The lowest BCUT2D eigenvalue weighted by atomic mass is 9.94. The Hall–Kier alpha value is -4.37. The molecular weight excluding hydrogens is 528 g/mol. The Balaban J connectivity index is 1.57. The van der Waals surface area contributed by atoms with Crippen molar-refractivity contribution in [3.63, 3.8) is 0 Å². The van der Waals surface area contributed by atoms with E-state index in [0.29, 0.717) is 34.2 Å². The molecule has 0 unspecified atom stereocenters. The van der Waals surface area contributed by atoms with E-state index >= 15 is 0 Å². The first-order valence-corrected chi connectivity index (χ1v) is 13.7. The van der Waals surface area contributed by atoms with Crippen LogP contribution in [0.1, 0.15) is 40.8 Å². The van der Waals surface area contributed by atoms with Gasteiger partial charge in [0.15, 0.2) is 16.6 Å². The van der Waals surface area contributed by atoms with Crippen molar-refractivity contribution in [1.82, 2.24) is 4.98 Å². The third-order valence-electron chi connectivity index (χ3n) is 7.36. The molecule has 3 aromatic carbocycles. The highest BCUT2D eigenvalue weighted by Gasteiger charge is 2.48. The van der Waals surface area contributed by atoms with Gasteiger partial charge in [0.05, 0.1) is 36.1 Å². The van der Waals surface area contributed by atoms with Gasteiger partial charge >= 0.3 is 5.91 Å². The van der Waals surface area contributed by atoms with Crippen LogP contribution in [0.3, 0.4) is 0 Å². The Morgan fingerprint density at radius 3 is 2.58 bits per heavy atom. The number of hydrogen-bond donors (Lipinski definition) is 1. The highest BCUT2D eigenvalue weighted by molar-refractivity contribution is 7.22. The number of fused-ring (bicyclic) bond motifs is 2. The molecule has 0 spiro atoms. The van der Waals surface area contributed by atoms with Crippen molar-refractivity contribution < 1.29 is 28.9 Å². The van der Waals surface area contributed by atoms with Gasteiger partial charge in [-0.15, -0.1) is 0 Å². The molecule has 2 aliphatic rings. The van der Waals surface area contributed by atoms with Gasteiger partial charge in [-0.25, -0.2) is 4.98 Å². The SMILES string of the molecule is COc1ccc([C@H]2C(=C(O)c3ccc4c(c3)C[C@H](C)O4)C(=O)C(=O)N2c2nc3c(C)cc(C)cc3s2)cc1OC. The average molecular weight is 557 g/mol. The number of nitrogens with zero attached hydrogens (tertiary/aromatic N) is 2. The topological polar surface area (TPSA) is 98.2 Å². The van der Waals surface area contributed by atoms with Crippen LogP contribution in [0.15, 0.2) is 54.1 Å². The fourth-order valence-electron chi connectivity index (χ4n) is 5.55. The van der Waals surface area contributed by atoms with Crippen LogP contribution in [0.4, 0.5) is 5.13 Å². The van der Waals surface area contributed by atoms with Gasteiger partial charge in [-0.2, -0.15) is 0 Å². The van der Waals surface area contributed by atoms with E-state index in [-0.39, 0.29) is 17.4 Å². The Kier molecular flexibility index (Phi) is 6.26. The predicted octanol–water partition coefficient (Wildman–Crippen LogP) is 5.88. The summed E-state index contributed by atoms with van der Waals surface area (Å²) in [4.78, 5) is 33.5. The second-order valence-corrected chi connectivity index (χ2v) is 11.2. The largest absolute Gasteiger partial charge is 0.507 e. The van der Waals surface area contributed by atoms with E-state index < -0.39 is 17.7 Å². The fourth-order valence-corrected chi connectivity index (χ4v) is 6.72. The molecule has 0 aliphatic carbocycles. The van der Waals surface area contributed by atoms with Gasteiger partial charge in [0.1, 0.15) is 17.6 Å². The van der Waals surface area contributed by atoms with E-state index in [1.165, 1.54) is 30.5 Å². The average Bonchev–Trinajstić information content (AvgIpc) is 3.60. The number of benzene rings is 3. The first-order chi connectivity index (χ1) is 19.2. The first kappa shape index (κ1) is 25.9. The molecule has 4 aromatic rings. The molecule has 0 radical (unpaired) electrons. The van der Waals surface area contributed by atoms with Crippen LogP contribution >= 0.6 is 11.3 Å². The van der Waals surface area contributed by atoms with Crippen LogP contribution in [0, 0.1) is 13.8 Å². The van der Waals surface area contributed by atoms with Gasteiger partial charge in [-0.1, -0.05) is 23.5 Å². The summed E-state index contributed by atoms with van der Waals surface area (Å²) >= 11 is 1.34. The van der Waals surface area contributed by atoms with Gasteiger partial charge in [0.2, 0.25) is 0 Å². The highest BCUT2D eigenvalue weighted by Crippen LogP contribution is 2.46. The van der Waals surface area contributed by atoms with Crippen molar-refractivity contribution in [2.45, 2.75) is 39.3 Å². The number of hydrogen-bond acceptors (Lipinski definition) is 8. The smallest absolute Gasteiger partial charge is 0.301 e. The summed E-state index contributed by atoms with van der Waals surface area (Å²) in [6, 6.07) is 13.6. The van der Waals surface area contributed by atoms with Crippen LogP contribution in [0.2, 0.25) is 0 Å². The van der Waals surface area contributed by atoms with Gasteiger partial charge in [-0.3, -0.25) is 14.5 Å². The number of thiazole rings is 1.